The number of rotatable bonds is 0. The van der Waals surface area contributed by atoms with Crippen molar-refractivity contribution in [2.75, 3.05) is 0 Å². The highest BCUT2D eigenvalue weighted by Gasteiger charge is 1.81. The predicted molar refractivity (Wildman–Crippen MR) is 28.2 cm³/mol. The number of hydrogen-bond donors (Lipinski definition) is 0. The SMILES string of the molecule is [O]c1cc[pH]ooc1. The molecule has 1 rings (SSSR count). The van der Waals surface area contributed by atoms with Crippen molar-refractivity contribution in [1.29, 1.82) is 0 Å². The Hall–Kier alpha value is -0.820. The third kappa shape index (κ3) is 1.35. The second kappa shape index (κ2) is 2.48. The summed E-state index contributed by atoms with van der Waals surface area (Å²) in [5.74, 6) is 1.45. The normalized spacial score (nSPS) is 9.50. The Bertz CT molecular complexity index is 165. The molecule has 4 heteroatoms. The van der Waals surface area contributed by atoms with Crippen molar-refractivity contribution in [3.05, 3.63) is 18.1 Å². The van der Waals surface area contributed by atoms with E-state index in [9.17, 15) is 5.11 Å². The third-order valence-corrected chi connectivity index (χ3v) is 1.07. The lowest BCUT2D eigenvalue weighted by Gasteiger charge is -1.66. The summed E-state index contributed by atoms with van der Waals surface area (Å²) in [6.45, 7) is 0. The average molecular weight is 131 g/mol. The smallest absolute Gasteiger partial charge is 0.218 e. The molecule has 1 atom stereocenters. The van der Waals surface area contributed by atoms with E-state index in [-0.39, 0.29) is 14.2 Å². The van der Waals surface area contributed by atoms with Crippen LogP contribution in [0.2, 0.25) is 0 Å². The molecule has 0 aliphatic carbocycles. The van der Waals surface area contributed by atoms with Gasteiger partial charge in [-0.1, -0.05) is 0 Å². The van der Waals surface area contributed by atoms with Crippen molar-refractivity contribution in [2.24, 2.45) is 0 Å². The summed E-state index contributed by atoms with van der Waals surface area (Å²) in [6, 6.07) is 1.41. The molecule has 0 fully saturated rings. The fourth-order valence-corrected chi connectivity index (χ4v) is 0.674. The maximum absolute atomic E-state index is 10.3. The van der Waals surface area contributed by atoms with E-state index in [1.165, 1.54) is 6.07 Å². The van der Waals surface area contributed by atoms with Gasteiger partial charge in [-0.05, 0) is 11.9 Å². The van der Waals surface area contributed by atoms with Crippen LogP contribution in [-0.2, 0) is 5.11 Å². The van der Waals surface area contributed by atoms with Crippen LogP contribution in [0.15, 0.2) is 27.1 Å². The van der Waals surface area contributed by atoms with Crippen molar-refractivity contribution in [3.63, 3.8) is 0 Å². The van der Waals surface area contributed by atoms with E-state index < -0.39 is 0 Å². The minimum atomic E-state index is -0.171. The van der Waals surface area contributed by atoms with Crippen LogP contribution in [0, 0.1) is 0 Å². The first kappa shape index (κ1) is 5.32. The van der Waals surface area contributed by atoms with Crippen molar-refractivity contribution in [3.8, 4) is 5.75 Å². The van der Waals surface area contributed by atoms with E-state index in [0.717, 1.165) is 6.26 Å². The molecule has 0 spiro atoms. The van der Waals surface area contributed by atoms with Gasteiger partial charge in [0, 0.05) is 0 Å². The van der Waals surface area contributed by atoms with Crippen LogP contribution in [0.4, 0.5) is 0 Å². The van der Waals surface area contributed by atoms with Crippen LogP contribution >= 0.6 is 8.43 Å². The fraction of sp³-hybridized carbons (Fsp3) is 0. The molecular weight excluding hydrogens is 127 g/mol. The molecule has 0 amide bonds. The highest BCUT2D eigenvalue weighted by Crippen LogP contribution is 2.09. The molecule has 0 saturated heterocycles. The predicted octanol–water partition coefficient (Wildman–Crippen LogP) is 2.17. The van der Waals surface area contributed by atoms with Gasteiger partial charge in [-0.15, -0.1) is 0 Å². The standard InChI is InChI=1S/C4H4O3P/c5-4-1-2-8-7-6-3-4/h1-3,8H. The maximum Gasteiger partial charge on any atom is 0.218 e. The molecule has 1 aromatic rings. The lowest BCUT2D eigenvalue weighted by molar-refractivity contribution is 0.0965. The lowest BCUT2D eigenvalue weighted by Crippen LogP contribution is -1.43. The van der Waals surface area contributed by atoms with Crippen molar-refractivity contribution < 1.29 is 14.0 Å². The topological polar surface area (TPSA) is 46.2 Å². The zero-order valence-electron chi connectivity index (χ0n) is 3.96. The summed E-state index contributed by atoms with van der Waals surface area (Å²) in [4.78, 5) is 0. The molecule has 0 saturated carbocycles. The molecule has 0 aromatic carbocycles. The van der Waals surface area contributed by atoms with Crippen molar-refractivity contribution >= 4 is 8.43 Å². The quantitative estimate of drug-likeness (QED) is 0.506. The molecule has 3 nitrogen and oxygen atoms in total. The Morgan fingerprint density at radius 3 is 3.38 bits per heavy atom. The summed E-state index contributed by atoms with van der Waals surface area (Å²) >= 11 is 0. The van der Waals surface area contributed by atoms with E-state index in [1.807, 2.05) is 0 Å². The van der Waals surface area contributed by atoms with Gasteiger partial charge < -0.3 is 0 Å². The maximum atomic E-state index is 10.3. The molecule has 8 heavy (non-hydrogen) atoms. The molecule has 1 heterocycles. The minimum Gasteiger partial charge on any atom is -0.292 e. The second-order valence-corrected chi connectivity index (χ2v) is 1.89. The molecule has 0 bridgehead atoms. The molecule has 1 aromatic heterocycles. The third-order valence-electron chi connectivity index (χ3n) is 0.576. The van der Waals surface area contributed by atoms with Gasteiger partial charge in [0.15, 0.2) is 6.26 Å². The minimum absolute atomic E-state index is 0.126. The summed E-state index contributed by atoms with van der Waals surface area (Å²) in [6.07, 6.45) is 1.02. The van der Waals surface area contributed by atoms with Gasteiger partial charge in [-0.2, -0.15) is 0 Å². The number of hydrogen-bond acceptors (Lipinski definition) is 2. The summed E-state index contributed by atoms with van der Waals surface area (Å²) in [5, 5.41) is 10.3. The first-order valence-corrected chi connectivity index (χ1v) is 3.00. The monoisotopic (exact) mass is 131 g/mol. The summed E-state index contributed by atoms with van der Waals surface area (Å²) < 4.78 is 8.71. The van der Waals surface area contributed by atoms with Gasteiger partial charge >= 0.3 is 0 Å². The Morgan fingerprint density at radius 2 is 2.50 bits per heavy atom. The van der Waals surface area contributed by atoms with E-state index in [2.05, 4.69) is 8.93 Å². The molecule has 43 valence electrons. The van der Waals surface area contributed by atoms with Crippen LogP contribution in [-0.4, -0.2) is 0 Å². The fourth-order valence-electron chi connectivity index (χ4n) is 0.282. The summed E-state index contributed by atoms with van der Waals surface area (Å²) in [7, 11) is 0.126. The molecule has 1 unspecified atom stereocenters. The molecule has 0 aliphatic rings. The van der Waals surface area contributed by atoms with Gasteiger partial charge in [0.05, 0.1) is 8.43 Å². The molecule has 1 radical (unpaired) electrons. The van der Waals surface area contributed by atoms with E-state index in [0.29, 0.717) is 0 Å². The average Bonchev–Trinajstić information content (AvgIpc) is 1.94. The van der Waals surface area contributed by atoms with E-state index >= 15 is 0 Å². The van der Waals surface area contributed by atoms with E-state index in [1.54, 1.807) is 5.80 Å². The van der Waals surface area contributed by atoms with Crippen molar-refractivity contribution in [2.45, 2.75) is 0 Å². The van der Waals surface area contributed by atoms with Crippen LogP contribution in [0.25, 0.3) is 0 Å². The Kier molecular flexibility index (Phi) is 1.65. The van der Waals surface area contributed by atoms with Gasteiger partial charge in [-0.25, -0.2) is 0 Å². The zero-order valence-corrected chi connectivity index (χ0v) is 4.96. The highest BCUT2D eigenvalue weighted by molar-refractivity contribution is 7.21. The first-order chi connectivity index (χ1) is 3.89. The van der Waals surface area contributed by atoms with Gasteiger partial charge in [0.25, 0.3) is 0 Å². The first-order valence-electron chi connectivity index (χ1n) is 2.01. The lowest BCUT2D eigenvalue weighted by atomic mass is 10.6. The molecular formula is C4H4O3P. The Morgan fingerprint density at radius 1 is 1.62 bits per heavy atom. The van der Waals surface area contributed by atoms with Gasteiger partial charge in [0.1, 0.15) is 0 Å². The van der Waals surface area contributed by atoms with Crippen molar-refractivity contribution in [1.82, 2.24) is 0 Å². The molecule has 0 N–H and O–H groups in total. The van der Waals surface area contributed by atoms with Gasteiger partial charge in [0.2, 0.25) is 5.75 Å². The largest absolute Gasteiger partial charge is 0.292 e. The highest BCUT2D eigenvalue weighted by atomic mass is 31.1. The van der Waals surface area contributed by atoms with Crippen LogP contribution in [0.1, 0.15) is 0 Å². The zero-order chi connectivity index (χ0) is 5.82. The van der Waals surface area contributed by atoms with Crippen LogP contribution in [0.3, 0.4) is 0 Å². The van der Waals surface area contributed by atoms with Crippen LogP contribution in [0.5, 0.6) is 5.75 Å². The second-order valence-electron chi connectivity index (χ2n) is 1.15. The Balaban J connectivity index is 3.12. The summed E-state index contributed by atoms with van der Waals surface area (Å²) in [5.41, 5.74) is 0. The molecule has 0 aliphatic heterocycles. The van der Waals surface area contributed by atoms with Gasteiger partial charge in [-0.3, -0.25) is 14.0 Å². The van der Waals surface area contributed by atoms with E-state index in [4.69, 9.17) is 0 Å². The Labute approximate surface area is 47.4 Å². The van der Waals surface area contributed by atoms with Crippen LogP contribution < -0.4 is 0 Å².